The van der Waals surface area contributed by atoms with Crippen LogP contribution in [-0.2, 0) is 6.42 Å². The lowest BCUT2D eigenvalue weighted by atomic mass is 10.0. The second-order valence-corrected chi connectivity index (χ2v) is 3.49. The lowest BCUT2D eigenvalue weighted by Gasteiger charge is -2.05. The number of hydrogen-bond donors (Lipinski definition) is 1. The fraction of sp³-hybridized carbons (Fsp3) is 0.364. The van der Waals surface area contributed by atoms with E-state index >= 15 is 0 Å². The highest BCUT2D eigenvalue weighted by Gasteiger charge is 2.07. The minimum atomic E-state index is 0.213. The Morgan fingerprint density at radius 1 is 1.38 bits per heavy atom. The standard InChI is InChI=1S/C11H14OS/c1-3-8-7-9(13)5-6-10(8)11(12)4-2/h5-7,13H,3-4H2,1-2H3. The minimum Gasteiger partial charge on any atom is -0.294 e. The molecule has 0 unspecified atom stereocenters. The summed E-state index contributed by atoms with van der Waals surface area (Å²) < 4.78 is 0. The lowest BCUT2D eigenvalue weighted by molar-refractivity contribution is 0.0987. The minimum absolute atomic E-state index is 0.213. The van der Waals surface area contributed by atoms with Crippen molar-refractivity contribution in [2.75, 3.05) is 0 Å². The molecule has 0 aliphatic rings. The van der Waals surface area contributed by atoms with Crippen LogP contribution in [0.5, 0.6) is 0 Å². The molecule has 0 saturated carbocycles. The second kappa shape index (κ2) is 4.47. The number of carbonyl (C=O) groups excluding carboxylic acids is 1. The van der Waals surface area contributed by atoms with E-state index in [2.05, 4.69) is 19.6 Å². The molecule has 0 saturated heterocycles. The third kappa shape index (κ3) is 2.34. The first kappa shape index (κ1) is 10.3. The molecule has 70 valence electrons. The molecule has 0 amide bonds. The van der Waals surface area contributed by atoms with Gasteiger partial charge in [-0.1, -0.05) is 19.9 Å². The molecule has 1 aromatic rings. The zero-order valence-corrected chi connectivity index (χ0v) is 8.90. The van der Waals surface area contributed by atoms with Gasteiger partial charge in [0.25, 0.3) is 0 Å². The number of thiol groups is 1. The highest BCUT2D eigenvalue weighted by molar-refractivity contribution is 7.80. The Morgan fingerprint density at radius 3 is 2.62 bits per heavy atom. The van der Waals surface area contributed by atoms with E-state index < -0.39 is 0 Å². The molecule has 0 heterocycles. The quantitative estimate of drug-likeness (QED) is 0.578. The molecule has 0 N–H and O–H groups in total. The summed E-state index contributed by atoms with van der Waals surface area (Å²) in [6.45, 7) is 3.94. The van der Waals surface area contributed by atoms with Gasteiger partial charge in [0.15, 0.2) is 5.78 Å². The number of rotatable bonds is 3. The van der Waals surface area contributed by atoms with Crippen LogP contribution in [0.3, 0.4) is 0 Å². The first-order valence-corrected chi connectivity index (χ1v) is 4.98. The molecule has 0 aliphatic carbocycles. The fourth-order valence-corrected chi connectivity index (χ4v) is 1.57. The van der Waals surface area contributed by atoms with Crippen molar-refractivity contribution in [3.63, 3.8) is 0 Å². The molecule has 0 aliphatic heterocycles. The van der Waals surface area contributed by atoms with Gasteiger partial charge in [0.1, 0.15) is 0 Å². The molecular formula is C11H14OS. The van der Waals surface area contributed by atoms with E-state index in [1.807, 2.05) is 25.1 Å². The Bertz CT molecular complexity index is 318. The molecule has 0 spiro atoms. The van der Waals surface area contributed by atoms with Crippen LogP contribution >= 0.6 is 12.6 Å². The molecule has 13 heavy (non-hydrogen) atoms. The molecule has 2 heteroatoms. The smallest absolute Gasteiger partial charge is 0.162 e. The van der Waals surface area contributed by atoms with Gasteiger partial charge >= 0.3 is 0 Å². The van der Waals surface area contributed by atoms with Gasteiger partial charge < -0.3 is 0 Å². The third-order valence-corrected chi connectivity index (χ3v) is 2.37. The van der Waals surface area contributed by atoms with Gasteiger partial charge in [-0.3, -0.25) is 4.79 Å². The number of benzene rings is 1. The first-order chi connectivity index (χ1) is 6.19. The van der Waals surface area contributed by atoms with E-state index in [0.29, 0.717) is 6.42 Å². The van der Waals surface area contributed by atoms with E-state index in [0.717, 1.165) is 22.4 Å². The molecule has 0 bridgehead atoms. The zero-order chi connectivity index (χ0) is 9.84. The van der Waals surface area contributed by atoms with E-state index in [1.54, 1.807) is 0 Å². The maximum atomic E-state index is 11.5. The van der Waals surface area contributed by atoms with Crippen LogP contribution < -0.4 is 0 Å². The average Bonchev–Trinajstić information content (AvgIpc) is 2.16. The van der Waals surface area contributed by atoms with Gasteiger partial charge in [-0.05, 0) is 24.1 Å². The molecule has 0 radical (unpaired) electrons. The lowest BCUT2D eigenvalue weighted by Crippen LogP contribution is -2.01. The summed E-state index contributed by atoms with van der Waals surface area (Å²) in [6, 6.07) is 5.70. The predicted molar refractivity (Wildman–Crippen MR) is 57.7 cm³/mol. The predicted octanol–water partition coefficient (Wildman–Crippen LogP) is 3.13. The van der Waals surface area contributed by atoms with Gasteiger partial charge in [0.2, 0.25) is 0 Å². The summed E-state index contributed by atoms with van der Waals surface area (Å²) in [5.74, 6) is 0.213. The highest BCUT2D eigenvalue weighted by atomic mass is 32.1. The van der Waals surface area contributed by atoms with Crippen molar-refractivity contribution >= 4 is 18.4 Å². The van der Waals surface area contributed by atoms with Crippen LogP contribution in [0.25, 0.3) is 0 Å². The SMILES string of the molecule is CCC(=O)c1ccc(S)cc1CC. The topological polar surface area (TPSA) is 17.1 Å². The Balaban J connectivity index is 3.13. The van der Waals surface area contributed by atoms with Crippen molar-refractivity contribution < 1.29 is 4.79 Å². The molecular weight excluding hydrogens is 180 g/mol. The second-order valence-electron chi connectivity index (χ2n) is 2.97. The van der Waals surface area contributed by atoms with Crippen LogP contribution in [-0.4, -0.2) is 5.78 Å². The molecule has 0 aromatic heterocycles. The third-order valence-electron chi connectivity index (χ3n) is 2.09. The normalized spacial score (nSPS) is 10.1. The van der Waals surface area contributed by atoms with Gasteiger partial charge in [-0.2, -0.15) is 0 Å². The average molecular weight is 194 g/mol. The van der Waals surface area contributed by atoms with E-state index in [9.17, 15) is 4.79 Å². The van der Waals surface area contributed by atoms with Crippen molar-refractivity contribution in [1.82, 2.24) is 0 Å². The summed E-state index contributed by atoms with van der Waals surface area (Å²) in [5.41, 5.74) is 1.95. The summed E-state index contributed by atoms with van der Waals surface area (Å²) in [6.07, 6.45) is 1.45. The Kier molecular flexibility index (Phi) is 3.55. The molecule has 1 nitrogen and oxygen atoms in total. The van der Waals surface area contributed by atoms with E-state index in [4.69, 9.17) is 0 Å². The Hall–Kier alpha value is -0.760. The molecule has 1 aromatic carbocycles. The van der Waals surface area contributed by atoms with Gasteiger partial charge in [0.05, 0.1) is 0 Å². The monoisotopic (exact) mass is 194 g/mol. The number of ketones is 1. The number of hydrogen-bond acceptors (Lipinski definition) is 2. The largest absolute Gasteiger partial charge is 0.294 e. The zero-order valence-electron chi connectivity index (χ0n) is 8.00. The highest BCUT2D eigenvalue weighted by Crippen LogP contribution is 2.16. The molecule has 1 rings (SSSR count). The molecule has 0 atom stereocenters. The summed E-state index contributed by atoms with van der Waals surface area (Å²) in [7, 11) is 0. The number of Topliss-reactive ketones (excluding diaryl/α,β-unsaturated/α-hetero) is 1. The van der Waals surface area contributed by atoms with E-state index in [-0.39, 0.29) is 5.78 Å². The van der Waals surface area contributed by atoms with Crippen LogP contribution in [0.1, 0.15) is 36.2 Å². The van der Waals surface area contributed by atoms with Gasteiger partial charge in [0, 0.05) is 16.9 Å². The van der Waals surface area contributed by atoms with Crippen molar-refractivity contribution in [2.24, 2.45) is 0 Å². The molecule has 0 fully saturated rings. The van der Waals surface area contributed by atoms with Crippen LogP contribution in [0.2, 0.25) is 0 Å². The summed E-state index contributed by atoms with van der Waals surface area (Å²) >= 11 is 4.24. The maximum Gasteiger partial charge on any atom is 0.162 e. The van der Waals surface area contributed by atoms with Crippen LogP contribution in [0, 0.1) is 0 Å². The Morgan fingerprint density at radius 2 is 2.08 bits per heavy atom. The van der Waals surface area contributed by atoms with Gasteiger partial charge in [-0.25, -0.2) is 0 Å². The summed E-state index contributed by atoms with van der Waals surface area (Å²) in [4.78, 5) is 12.4. The van der Waals surface area contributed by atoms with Crippen molar-refractivity contribution in [1.29, 1.82) is 0 Å². The number of aryl methyl sites for hydroxylation is 1. The fourth-order valence-electron chi connectivity index (χ4n) is 1.34. The van der Waals surface area contributed by atoms with E-state index in [1.165, 1.54) is 0 Å². The number of carbonyl (C=O) groups is 1. The van der Waals surface area contributed by atoms with Crippen molar-refractivity contribution in [3.8, 4) is 0 Å². The summed E-state index contributed by atoms with van der Waals surface area (Å²) in [5, 5.41) is 0. The first-order valence-electron chi connectivity index (χ1n) is 4.54. The van der Waals surface area contributed by atoms with Crippen molar-refractivity contribution in [2.45, 2.75) is 31.6 Å². The van der Waals surface area contributed by atoms with Crippen LogP contribution in [0.4, 0.5) is 0 Å². The van der Waals surface area contributed by atoms with Crippen molar-refractivity contribution in [3.05, 3.63) is 29.3 Å². The maximum absolute atomic E-state index is 11.5. The van der Waals surface area contributed by atoms with Gasteiger partial charge in [-0.15, -0.1) is 12.6 Å². The Labute approximate surface area is 84.6 Å². The van der Waals surface area contributed by atoms with Crippen LogP contribution in [0.15, 0.2) is 23.1 Å².